The predicted molar refractivity (Wildman–Crippen MR) is 76.3 cm³/mol. The van der Waals surface area contributed by atoms with Crippen LogP contribution in [0.2, 0.25) is 5.02 Å². The Bertz CT molecular complexity index is 518. The molecule has 0 aliphatic carbocycles. The molecule has 0 radical (unpaired) electrons. The second kappa shape index (κ2) is 6.27. The summed E-state index contributed by atoms with van der Waals surface area (Å²) < 4.78 is 5.14. The van der Waals surface area contributed by atoms with E-state index in [1.165, 1.54) is 6.92 Å². The van der Waals surface area contributed by atoms with E-state index in [0.29, 0.717) is 24.5 Å². The molecule has 0 saturated carbocycles. The Hall–Kier alpha value is -1.55. The van der Waals surface area contributed by atoms with Crippen molar-refractivity contribution in [3.05, 3.63) is 34.9 Å². The minimum Gasteiger partial charge on any atom is -0.465 e. The standard InChI is InChI=1S/C15H18ClNO3/c1-10(18)20-9-12-6-7-14(19)17(2)15(12)11-4-3-5-13(16)8-11/h3-5,8,12,15H,6-7,9H2,1-2H3. The monoisotopic (exact) mass is 295 g/mol. The van der Waals surface area contributed by atoms with E-state index in [-0.39, 0.29) is 23.8 Å². The number of hydrogen-bond donors (Lipinski definition) is 0. The second-order valence-electron chi connectivity index (χ2n) is 5.11. The number of piperidine rings is 1. The fourth-order valence-electron chi connectivity index (χ4n) is 2.70. The molecule has 2 atom stereocenters. The number of halogens is 1. The van der Waals surface area contributed by atoms with Crippen molar-refractivity contribution >= 4 is 23.5 Å². The van der Waals surface area contributed by atoms with Gasteiger partial charge < -0.3 is 9.64 Å². The Morgan fingerprint density at radius 3 is 2.90 bits per heavy atom. The number of amides is 1. The maximum atomic E-state index is 11.9. The largest absolute Gasteiger partial charge is 0.465 e. The van der Waals surface area contributed by atoms with Crippen LogP contribution in [-0.4, -0.2) is 30.4 Å². The highest BCUT2D eigenvalue weighted by molar-refractivity contribution is 6.30. The number of ether oxygens (including phenoxy) is 1. The molecule has 5 heteroatoms. The van der Waals surface area contributed by atoms with Crippen LogP contribution < -0.4 is 0 Å². The number of nitrogens with zero attached hydrogens (tertiary/aromatic N) is 1. The van der Waals surface area contributed by atoms with Gasteiger partial charge in [-0.05, 0) is 24.1 Å². The molecule has 1 aliphatic rings. The summed E-state index contributed by atoms with van der Waals surface area (Å²) in [5, 5.41) is 0.639. The zero-order chi connectivity index (χ0) is 14.7. The Morgan fingerprint density at radius 1 is 1.50 bits per heavy atom. The lowest BCUT2D eigenvalue weighted by atomic mass is 9.85. The van der Waals surface area contributed by atoms with E-state index >= 15 is 0 Å². The van der Waals surface area contributed by atoms with Gasteiger partial charge in [-0.2, -0.15) is 0 Å². The molecule has 1 fully saturated rings. The molecule has 2 rings (SSSR count). The fourth-order valence-corrected chi connectivity index (χ4v) is 2.90. The summed E-state index contributed by atoms with van der Waals surface area (Å²) >= 11 is 6.03. The third-order valence-electron chi connectivity index (χ3n) is 3.68. The third kappa shape index (κ3) is 3.31. The molecule has 0 N–H and O–H groups in total. The lowest BCUT2D eigenvalue weighted by Gasteiger charge is -2.39. The summed E-state index contributed by atoms with van der Waals surface area (Å²) in [4.78, 5) is 24.7. The Balaban J connectivity index is 2.25. The topological polar surface area (TPSA) is 46.6 Å². The number of hydrogen-bond acceptors (Lipinski definition) is 3. The third-order valence-corrected chi connectivity index (χ3v) is 3.91. The van der Waals surface area contributed by atoms with Crippen LogP contribution in [-0.2, 0) is 14.3 Å². The van der Waals surface area contributed by atoms with Crippen LogP contribution in [0, 0.1) is 5.92 Å². The SMILES string of the molecule is CC(=O)OCC1CCC(=O)N(C)C1c1cccc(Cl)c1. The summed E-state index contributed by atoms with van der Waals surface area (Å²) in [5.41, 5.74) is 0.977. The van der Waals surface area contributed by atoms with E-state index in [1.54, 1.807) is 18.0 Å². The van der Waals surface area contributed by atoms with Crippen LogP contribution in [0.3, 0.4) is 0 Å². The van der Waals surface area contributed by atoms with Gasteiger partial charge in [0.2, 0.25) is 5.91 Å². The normalized spacial score (nSPS) is 22.8. The Kier molecular flexibility index (Phi) is 4.65. The van der Waals surface area contributed by atoms with Gasteiger partial charge >= 0.3 is 5.97 Å². The predicted octanol–water partition coefficient (Wildman–Crippen LogP) is 2.81. The lowest BCUT2D eigenvalue weighted by Crippen LogP contribution is -2.41. The maximum Gasteiger partial charge on any atom is 0.302 e. The molecule has 1 aliphatic heterocycles. The van der Waals surface area contributed by atoms with Crippen molar-refractivity contribution in [2.45, 2.75) is 25.8 Å². The number of likely N-dealkylation sites (tertiary alicyclic amines) is 1. The van der Waals surface area contributed by atoms with E-state index in [1.807, 2.05) is 18.2 Å². The van der Waals surface area contributed by atoms with E-state index in [9.17, 15) is 9.59 Å². The molecule has 1 aromatic carbocycles. The maximum absolute atomic E-state index is 11.9. The lowest BCUT2D eigenvalue weighted by molar-refractivity contribution is -0.146. The summed E-state index contributed by atoms with van der Waals surface area (Å²) in [6, 6.07) is 7.38. The minimum absolute atomic E-state index is 0.0973. The molecule has 0 bridgehead atoms. The quantitative estimate of drug-likeness (QED) is 0.806. The van der Waals surface area contributed by atoms with Crippen LogP contribution >= 0.6 is 11.6 Å². The molecule has 1 heterocycles. The first-order valence-corrected chi connectivity index (χ1v) is 7.01. The number of carbonyl (C=O) groups is 2. The van der Waals surface area contributed by atoms with Crippen molar-refractivity contribution in [3.8, 4) is 0 Å². The van der Waals surface area contributed by atoms with Gasteiger partial charge in [0.25, 0.3) is 0 Å². The summed E-state index contributed by atoms with van der Waals surface area (Å²) in [6.07, 6.45) is 1.20. The average molecular weight is 296 g/mol. The van der Waals surface area contributed by atoms with Crippen LogP contribution in [0.5, 0.6) is 0 Å². The first-order valence-electron chi connectivity index (χ1n) is 6.63. The van der Waals surface area contributed by atoms with Crippen molar-refractivity contribution in [1.82, 2.24) is 4.90 Å². The van der Waals surface area contributed by atoms with Crippen molar-refractivity contribution in [2.75, 3.05) is 13.7 Å². The number of rotatable bonds is 3. The molecule has 4 nitrogen and oxygen atoms in total. The van der Waals surface area contributed by atoms with Crippen molar-refractivity contribution < 1.29 is 14.3 Å². The summed E-state index contributed by atoms with van der Waals surface area (Å²) in [5.74, 6) is -0.0940. The minimum atomic E-state index is -0.297. The molecule has 108 valence electrons. The van der Waals surface area contributed by atoms with Crippen LogP contribution in [0.25, 0.3) is 0 Å². The van der Waals surface area contributed by atoms with Crippen molar-refractivity contribution in [3.63, 3.8) is 0 Å². The van der Waals surface area contributed by atoms with Gasteiger partial charge in [0, 0.05) is 31.3 Å². The average Bonchev–Trinajstić information content (AvgIpc) is 2.40. The van der Waals surface area contributed by atoms with Gasteiger partial charge in [0.15, 0.2) is 0 Å². The second-order valence-corrected chi connectivity index (χ2v) is 5.54. The smallest absolute Gasteiger partial charge is 0.302 e. The van der Waals surface area contributed by atoms with Crippen LogP contribution in [0.15, 0.2) is 24.3 Å². The highest BCUT2D eigenvalue weighted by atomic mass is 35.5. The van der Waals surface area contributed by atoms with E-state index < -0.39 is 0 Å². The molecule has 20 heavy (non-hydrogen) atoms. The van der Waals surface area contributed by atoms with E-state index in [4.69, 9.17) is 16.3 Å². The van der Waals surface area contributed by atoms with Crippen LogP contribution in [0.4, 0.5) is 0 Å². The summed E-state index contributed by atoms with van der Waals surface area (Å²) in [7, 11) is 1.79. The molecule has 1 amide bonds. The molecule has 1 saturated heterocycles. The van der Waals surface area contributed by atoms with Crippen molar-refractivity contribution in [2.24, 2.45) is 5.92 Å². The fraction of sp³-hybridized carbons (Fsp3) is 0.467. The Morgan fingerprint density at radius 2 is 2.25 bits per heavy atom. The van der Waals surface area contributed by atoms with Gasteiger partial charge in [-0.25, -0.2) is 0 Å². The van der Waals surface area contributed by atoms with E-state index in [0.717, 1.165) is 5.56 Å². The zero-order valence-corrected chi connectivity index (χ0v) is 12.4. The first-order chi connectivity index (χ1) is 9.49. The highest BCUT2D eigenvalue weighted by Gasteiger charge is 2.35. The van der Waals surface area contributed by atoms with Gasteiger partial charge in [0.05, 0.1) is 12.6 Å². The number of esters is 1. The van der Waals surface area contributed by atoms with Crippen LogP contribution in [0.1, 0.15) is 31.4 Å². The molecule has 1 aromatic rings. The molecule has 0 aromatic heterocycles. The Labute approximate surface area is 123 Å². The van der Waals surface area contributed by atoms with Gasteiger partial charge in [-0.15, -0.1) is 0 Å². The number of benzene rings is 1. The highest BCUT2D eigenvalue weighted by Crippen LogP contribution is 2.36. The first kappa shape index (κ1) is 14.9. The van der Waals surface area contributed by atoms with Gasteiger partial charge in [-0.3, -0.25) is 9.59 Å². The molecular formula is C15H18ClNO3. The molecule has 0 spiro atoms. The van der Waals surface area contributed by atoms with Gasteiger partial charge in [-0.1, -0.05) is 23.7 Å². The zero-order valence-electron chi connectivity index (χ0n) is 11.6. The number of carbonyl (C=O) groups excluding carboxylic acids is 2. The van der Waals surface area contributed by atoms with E-state index in [2.05, 4.69) is 0 Å². The van der Waals surface area contributed by atoms with Gasteiger partial charge in [0.1, 0.15) is 0 Å². The molecule has 2 unspecified atom stereocenters. The molecular weight excluding hydrogens is 278 g/mol. The summed E-state index contributed by atoms with van der Waals surface area (Å²) in [6.45, 7) is 1.72. The van der Waals surface area contributed by atoms with Crippen molar-refractivity contribution in [1.29, 1.82) is 0 Å².